The molecule has 4 nitrogen and oxygen atoms in total. The van der Waals surface area contributed by atoms with Gasteiger partial charge in [-0.2, -0.15) is 0 Å². The van der Waals surface area contributed by atoms with Gasteiger partial charge in [0.15, 0.2) is 23.3 Å². The Morgan fingerprint density at radius 3 is 1.81 bits per heavy atom. The molecule has 4 aromatic rings. The third-order valence-corrected chi connectivity index (χ3v) is 5.42. The average Bonchev–Trinajstić information content (AvgIpc) is 2.93. The zero-order valence-electron chi connectivity index (χ0n) is 19.2. The molecule has 0 saturated carbocycles. The van der Waals surface area contributed by atoms with Crippen molar-refractivity contribution in [3.05, 3.63) is 130 Å². The Morgan fingerprint density at radius 2 is 1.22 bits per heavy atom. The molecule has 190 valence electrons. The molecule has 0 aliphatic carbocycles. The van der Waals surface area contributed by atoms with E-state index < -0.39 is 47.2 Å². The van der Waals surface area contributed by atoms with Crippen molar-refractivity contribution in [2.75, 3.05) is 5.32 Å². The Balaban J connectivity index is 1.56. The summed E-state index contributed by atoms with van der Waals surface area (Å²) in [5, 5.41) is 2.61. The number of halogens is 5. The van der Waals surface area contributed by atoms with Crippen LogP contribution in [-0.4, -0.2) is 5.97 Å². The molecule has 0 aliphatic heterocycles. The predicted molar refractivity (Wildman–Crippen MR) is 126 cm³/mol. The number of benzene rings is 4. The number of anilines is 1. The van der Waals surface area contributed by atoms with E-state index in [1.54, 1.807) is 12.1 Å². The van der Waals surface area contributed by atoms with E-state index in [0.29, 0.717) is 0 Å². The molecule has 0 atom stereocenters. The molecule has 0 unspecified atom stereocenters. The highest BCUT2D eigenvalue weighted by atomic mass is 19.2. The van der Waals surface area contributed by atoms with Crippen molar-refractivity contribution in [1.82, 2.24) is 0 Å². The number of hydrogen-bond donors (Lipinski definition) is 1. The molecule has 0 saturated heterocycles. The van der Waals surface area contributed by atoms with Gasteiger partial charge in [0.25, 0.3) is 0 Å². The molecule has 0 bridgehead atoms. The summed E-state index contributed by atoms with van der Waals surface area (Å²) in [6, 6.07) is 22.3. The van der Waals surface area contributed by atoms with Crippen LogP contribution in [-0.2, 0) is 24.5 Å². The third-order valence-electron chi connectivity index (χ3n) is 5.42. The summed E-state index contributed by atoms with van der Waals surface area (Å²) in [4.78, 5) is 12.8. The minimum Gasteiger partial charge on any atom is -0.488 e. The minimum absolute atomic E-state index is 0.0258. The van der Waals surface area contributed by atoms with Gasteiger partial charge in [0.05, 0.1) is 0 Å². The van der Waals surface area contributed by atoms with Crippen LogP contribution in [0.4, 0.5) is 27.6 Å². The van der Waals surface area contributed by atoms with Crippen molar-refractivity contribution in [1.29, 1.82) is 0 Å². The first kappa shape index (κ1) is 25.7. The second-order valence-electron chi connectivity index (χ2n) is 7.95. The van der Waals surface area contributed by atoms with Gasteiger partial charge >= 0.3 is 5.97 Å². The van der Waals surface area contributed by atoms with E-state index in [2.05, 4.69) is 5.32 Å². The molecule has 0 heterocycles. The van der Waals surface area contributed by atoms with Gasteiger partial charge in [-0.25, -0.2) is 26.7 Å². The largest absolute Gasteiger partial charge is 0.488 e. The zero-order valence-corrected chi connectivity index (χ0v) is 19.2. The Bertz CT molecular complexity index is 1370. The lowest BCUT2D eigenvalue weighted by Crippen LogP contribution is -2.12. The van der Waals surface area contributed by atoms with Crippen LogP contribution in [0.3, 0.4) is 0 Å². The number of nitrogens with one attached hydrogen (secondary N) is 1. The molecule has 0 aromatic heterocycles. The summed E-state index contributed by atoms with van der Waals surface area (Å²) in [7, 11) is 0. The molecule has 0 radical (unpaired) electrons. The monoisotopic (exact) mass is 513 g/mol. The highest BCUT2D eigenvalue weighted by Crippen LogP contribution is 2.28. The number of esters is 1. The van der Waals surface area contributed by atoms with Crippen LogP contribution in [0.2, 0.25) is 0 Å². The molecular weight excluding hydrogens is 493 g/mol. The summed E-state index contributed by atoms with van der Waals surface area (Å²) in [5.74, 6) is -10.7. The van der Waals surface area contributed by atoms with E-state index >= 15 is 0 Å². The van der Waals surface area contributed by atoms with E-state index in [-0.39, 0.29) is 30.2 Å². The lowest BCUT2D eigenvalue weighted by atomic mass is 10.1. The van der Waals surface area contributed by atoms with E-state index in [1.807, 2.05) is 48.5 Å². The summed E-state index contributed by atoms with van der Waals surface area (Å²) in [6.07, 6.45) is 0. The maximum absolute atomic E-state index is 14.0. The smallest absolute Gasteiger partial charge is 0.342 e. The molecule has 4 rings (SSSR count). The Kier molecular flexibility index (Phi) is 8.02. The summed E-state index contributed by atoms with van der Waals surface area (Å²) in [5.41, 5.74) is 0.879. The number of carbonyl (C=O) groups is 1. The topological polar surface area (TPSA) is 47.6 Å². The van der Waals surface area contributed by atoms with Crippen molar-refractivity contribution >= 4 is 11.7 Å². The molecule has 1 N–H and O–H groups in total. The van der Waals surface area contributed by atoms with Crippen LogP contribution >= 0.6 is 0 Å². The lowest BCUT2D eigenvalue weighted by Gasteiger charge is -2.15. The molecule has 37 heavy (non-hydrogen) atoms. The van der Waals surface area contributed by atoms with E-state index in [4.69, 9.17) is 9.47 Å². The standard InChI is InChI=1S/C28H20F5NO3/c29-23-21(24(30)26(32)27(33)25(23)31)14-34-19-11-12-20(28(35)37-16-18-9-5-2-6-10-18)22(13-19)36-15-17-7-3-1-4-8-17/h1-13,34H,14-16H2. The Morgan fingerprint density at radius 1 is 0.676 bits per heavy atom. The van der Waals surface area contributed by atoms with Gasteiger partial charge < -0.3 is 14.8 Å². The van der Waals surface area contributed by atoms with Crippen LogP contribution in [0.5, 0.6) is 5.75 Å². The van der Waals surface area contributed by atoms with E-state index in [1.165, 1.54) is 18.2 Å². The molecule has 9 heteroatoms. The minimum atomic E-state index is -2.23. The maximum Gasteiger partial charge on any atom is 0.342 e. The van der Waals surface area contributed by atoms with Crippen molar-refractivity contribution in [3.8, 4) is 5.75 Å². The predicted octanol–water partition coefficient (Wildman–Crippen LogP) is 6.93. The van der Waals surface area contributed by atoms with Crippen molar-refractivity contribution < 1.29 is 36.2 Å². The fraction of sp³-hybridized carbons (Fsp3) is 0.107. The van der Waals surface area contributed by atoms with Crippen molar-refractivity contribution in [3.63, 3.8) is 0 Å². The maximum atomic E-state index is 14.0. The normalized spacial score (nSPS) is 10.7. The van der Waals surface area contributed by atoms with Gasteiger partial charge in [0, 0.05) is 23.9 Å². The van der Waals surface area contributed by atoms with Gasteiger partial charge in [-0.05, 0) is 23.3 Å². The van der Waals surface area contributed by atoms with Gasteiger partial charge in [0.1, 0.15) is 24.5 Å². The second kappa shape index (κ2) is 11.6. The van der Waals surface area contributed by atoms with Crippen molar-refractivity contribution in [2.45, 2.75) is 19.8 Å². The summed E-state index contributed by atoms with van der Waals surface area (Å²) < 4.78 is 79.7. The SMILES string of the molecule is O=C(OCc1ccccc1)c1ccc(NCc2c(F)c(F)c(F)c(F)c2F)cc1OCc1ccccc1. The van der Waals surface area contributed by atoms with Crippen LogP contribution in [0.25, 0.3) is 0 Å². The van der Waals surface area contributed by atoms with Crippen molar-refractivity contribution in [2.24, 2.45) is 0 Å². The van der Waals surface area contributed by atoms with Crippen LogP contribution in [0.15, 0.2) is 78.9 Å². The van der Waals surface area contributed by atoms with Gasteiger partial charge in [0.2, 0.25) is 5.82 Å². The third kappa shape index (κ3) is 6.06. The number of ether oxygens (including phenoxy) is 2. The van der Waals surface area contributed by atoms with Gasteiger partial charge in [-0.3, -0.25) is 0 Å². The first-order valence-corrected chi connectivity index (χ1v) is 11.1. The first-order chi connectivity index (χ1) is 17.8. The highest BCUT2D eigenvalue weighted by Gasteiger charge is 2.25. The second-order valence-corrected chi connectivity index (χ2v) is 7.95. The number of hydrogen-bond acceptors (Lipinski definition) is 4. The van der Waals surface area contributed by atoms with Crippen LogP contribution in [0.1, 0.15) is 27.0 Å². The zero-order chi connectivity index (χ0) is 26.4. The molecular formula is C28H20F5NO3. The highest BCUT2D eigenvalue weighted by molar-refractivity contribution is 5.93. The number of carbonyl (C=O) groups excluding carboxylic acids is 1. The summed E-state index contributed by atoms with van der Waals surface area (Å²) in [6.45, 7) is -0.583. The quantitative estimate of drug-likeness (QED) is 0.114. The molecule has 4 aromatic carbocycles. The molecule has 0 amide bonds. The fourth-order valence-corrected chi connectivity index (χ4v) is 3.45. The van der Waals surface area contributed by atoms with Gasteiger partial charge in [-0.1, -0.05) is 60.7 Å². The Hall–Kier alpha value is -4.40. The molecule has 0 spiro atoms. The Labute approximate surface area is 209 Å². The average molecular weight is 513 g/mol. The van der Waals surface area contributed by atoms with Gasteiger partial charge in [-0.15, -0.1) is 0 Å². The van der Waals surface area contributed by atoms with E-state index in [0.717, 1.165) is 11.1 Å². The molecule has 0 aliphatic rings. The lowest BCUT2D eigenvalue weighted by molar-refractivity contribution is 0.0467. The van der Waals surface area contributed by atoms with E-state index in [9.17, 15) is 26.7 Å². The van der Waals surface area contributed by atoms with Crippen LogP contribution in [0, 0.1) is 29.1 Å². The molecule has 0 fully saturated rings. The fourth-order valence-electron chi connectivity index (χ4n) is 3.45. The first-order valence-electron chi connectivity index (χ1n) is 11.1. The number of rotatable bonds is 9. The van der Waals surface area contributed by atoms with Crippen LogP contribution < -0.4 is 10.1 Å². The summed E-state index contributed by atoms with van der Waals surface area (Å²) >= 11 is 0.